The molecule has 0 aliphatic heterocycles. The summed E-state index contributed by atoms with van der Waals surface area (Å²) >= 11 is 0. The van der Waals surface area contributed by atoms with Crippen LogP contribution in [0.3, 0.4) is 0 Å². The van der Waals surface area contributed by atoms with E-state index in [9.17, 15) is 0 Å². The molecule has 0 spiro atoms. The first-order valence-corrected chi connectivity index (χ1v) is 16.2. The van der Waals surface area contributed by atoms with E-state index in [0.717, 1.165) is 50.1 Å². The summed E-state index contributed by atoms with van der Waals surface area (Å²) in [7, 11) is 0. The minimum absolute atomic E-state index is 0.684. The Balaban J connectivity index is 1.09. The molecule has 0 unspecified atom stereocenters. The molecule has 3 aromatic heterocycles. The molecule has 0 aliphatic carbocycles. The first-order chi connectivity index (χ1) is 23.8. The highest BCUT2D eigenvalue weighted by molar-refractivity contribution is 6.10. The number of fused-ring (bicyclic) bond motifs is 7. The fraction of sp³-hybridized carbons (Fsp3) is 0. The van der Waals surface area contributed by atoms with Crippen LogP contribution in [0, 0.1) is 0 Å². The Labute approximate surface area is 276 Å². The Morgan fingerprint density at radius 2 is 1.04 bits per heavy atom. The second-order valence-corrected chi connectivity index (χ2v) is 12.2. The summed E-state index contributed by atoms with van der Waals surface area (Å²) in [6.07, 6.45) is 0. The van der Waals surface area contributed by atoms with Gasteiger partial charge in [-0.25, -0.2) is 9.97 Å². The van der Waals surface area contributed by atoms with Crippen molar-refractivity contribution in [2.75, 3.05) is 0 Å². The van der Waals surface area contributed by atoms with E-state index in [-0.39, 0.29) is 0 Å². The van der Waals surface area contributed by atoms with Crippen LogP contribution >= 0.6 is 0 Å². The maximum absolute atomic E-state index is 6.58. The van der Waals surface area contributed by atoms with Gasteiger partial charge in [0.2, 0.25) is 0 Å². The number of aromatic nitrogens is 3. The lowest BCUT2D eigenvalue weighted by molar-refractivity contribution is 0.667. The fourth-order valence-electron chi connectivity index (χ4n) is 7.08. The van der Waals surface area contributed by atoms with E-state index in [1.165, 1.54) is 32.6 Å². The Morgan fingerprint density at radius 3 is 1.79 bits per heavy atom. The average molecular weight is 614 g/mol. The molecular weight excluding hydrogens is 587 g/mol. The summed E-state index contributed by atoms with van der Waals surface area (Å²) in [4.78, 5) is 10.0. The smallest absolute Gasteiger partial charge is 0.180 e. The molecule has 0 saturated heterocycles. The zero-order valence-electron chi connectivity index (χ0n) is 25.8. The third kappa shape index (κ3) is 4.16. The van der Waals surface area contributed by atoms with Gasteiger partial charge in [0.1, 0.15) is 16.8 Å². The van der Waals surface area contributed by atoms with Crippen LogP contribution in [0.25, 0.3) is 94.1 Å². The first kappa shape index (κ1) is 26.7. The van der Waals surface area contributed by atoms with Crippen molar-refractivity contribution < 1.29 is 4.42 Å². The third-order valence-electron chi connectivity index (χ3n) is 9.39. The maximum atomic E-state index is 6.58. The molecule has 224 valence electrons. The SMILES string of the molecule is c1ccc(-c2nc(-c3ccccc3)c3oc4cc(-c5ccc6cc(-n7c8ccccc8c8ccccc87)ccc6c5)ccc4c3n2)cc1. The Bertz CT molecular complexity index is 2780. The number of nitrogens with zero attached hydrogens (tertiary/aromatic N) is 3. The van der Waals surface area contributed by atoms with Crippen LogP contribution in [0.2, 0.25) is 0 Å². The van der Waals surface area contributed by atoms with Crippen molar-refractivity contribution in [3.8, 4) is 39.5 Å². The van der Waals surface area contributed by atoms with Gasteiger partial charge in [-0.3, -0.25) is 0 Å². The maximum Gasteiger partial charge on any atom is 0.180 e. The first-order valence-electron chi connectivity index (χ1n) is 16.2. The van der Waals surface area contributed by atoms with Crippen molar-refractivity contribution in [2.24, 2.45) is 0 Å². The lowest BCUT2D eigenvalue weighted by Gasteiger charge is -2.10. The molecule has 0 N–H and O–H groups in total. The molecule has 0 aliphatic rings. The summed E-state index contributed by atoms with van der Waals surface area (Å²) in [5.74, 6) is 0.684. The minimum Gasteiger partial charge on any atom is -0.452 e. The highest BCUT2D eigenvalue weighted by Gasteiger charge is 2.19. The van der Waals surface area contributed by atoms with Gasteiger partial charge in [0.15, 0.2) is 11.4 Å². The van der Waals surface area contributed by atoms with Gasteiger partial charge in [0, 0.05) is 33.0 Å². The van der Waals surface area contributed by atoms with E-state index in [1.54, 1.807) is 0 Å². The van der Waals surface area contributed by atoms with Gasteiger partial charge in [-0.1, -0.05) is 121 Å². The molecule has 7 aromatic carbocycles. The van der Waals surface area contributed by atoms with Gasteiger partial charge >= 0.3 is 0 Å². The van der Waals surface area contributed by atoms with Crippen LogP contribution in [0.4, 0.5) is 0 Å². The van der Waals surface area contributed by atoms with Crippen LogP contribution in [-0.2, 0) is 0 Å². The molecule has 0 amide bonds. The van der Waals surface area contributed by atoms with Crippen molar-refractivity contribution in [2.45, 2.75) is 0 Å². The monoisotopic (exact) mass is 613 g/mol. The number of hydrogen-bond acceptors (Lipinski definition) is 3. The second-order valence-electron chi connectivity index (χ2n) is 12.2. The van der Waals surface area contributed by atoms with Gasteiger partial charge in [-0.05, 0) is 64.4 Å². The summed E-state index contributed by atoms with van der Waals surface area (Å²) in [6, 6.07) is 57.4. The lowest BCUT2D eigenvalue weighted by atomic mass is 10.00. The van der Waals surface area contributed by atoms with Crippen molar-refractivity contribution in [3.05, 3.63) is 164 Å². The highest BCUT2D eigenvalue weighted by atomic mass is 16.3. The normalized spacial score (nSPS) is 11.8. The summed E-state index contributed by atoms with van der Waals surface area (Å²) in [5, 5.41) is 5.89. The van der Waals surface area contributed by atoms with Crippen molar-refractivity contribution in [3.63, 3.8) is 0 Å². The van der Waals surface area contributed by atoms with Crippen LogP contribution in [0.1, 0.15) is 0 Å². The molecule has 0 fully saturated rings. The summed E-state index contributed by atoms with van der Waals surface area (Å²) in [6.45, 7) is 0. The van der Waals surface area contributed by atoms with Gasteiger partial charge in [-0.15, -0.1) is 0 Å². The zero-order chi connectivity index (χ0) is 31.6. The van der Waals surface area contributed by atoms with E-state index >= 15 is 0 Å². The largest absolute Gasteiger partial charge is 0.452 e. The number of hydrogen-bond donors (Lipinski definition) is 0. The average Bonchev–Trinajstić information content (AvgIpc) is 3.70. The topological polar surface area (TPSA) is 43.9 Å². The van der Waals surface area contributed by atoms with Gasteiger partial charge in [-0.2, -0.15) is 0 Å². The number of rotatable bonds is 4. The number of benzene rings is 7. The quantitative estimate of drug-likeness (QED) is 0.198. The molecule has 0 radical (unpaired) electrons. The Kier molecular flexibility index (Phi) is 5.84. The van der Waals surface area contributed by atoms with E-state index in [0.29, 0.717) is 11.4 Å². The molecular formula is C44H27N3O. The highest BCUT2D eigenvalue weighted by Crippen LogP contribution is 2.38. The van der Waals surface area contributed by atoms with Crippen LogP contribution in [-0.4, -0.2) is 14.5 Å². The summed E-state index contributed by atoms with van der Waals surface area (Å²) < 4.78 is 8.94. The van der Waals surface area contributed by atoms with Crippen LogP contribution in [0.15, 0.2) is 168 Å². The lowest BCUT2D eigenvalue weighted by Crippen LogP contribution is -1.93. The standard InChI is InChI=1S/C44H27N3O/c1-3-11-28(12-4-1)41-43-42(46-44(45-41)29-13-5-2-6-14-29)37-24-22-33(27-40(37)48-43)30-19-20-32-26-34(23-21-31(32)25-30)47-38-17-9-7-15-35(38)36-16-8-10-18-39(36)47/h1-27H. The van der Waals surface area contributed by atoms with Crippen molar-refractivity contribution in [1.82, 2.24) is 14.5 Å². The second kappa shape index (κ2) is 10.5. The zero-order valence-corrected chi connectivity index (χ0v) is 25.8. The van der Waals surface area contributed by atoms with Gasteiger partial charge in [0.05, 0.1) is 11.0 Å². The molecule has 48 heavy (non-hydrogen) atoms. The van der Waals surface area contributed by atoms with Gasteiger partial charge < -0.3 is 8.98 Å². The molecule has 4 nitrogen and oxygen atoms in total. The van der Waals surface area contributed by atoms with E-state index in [2.05, 4.69) is 120 Å². The molecule has 10 rings (SSSR count). The molecule has 3 heterocycles. The fourth-order valence-corrected chi connectivity index (χ4v) is 7.08. The van der Waals surface area contributed by atoms with Crippen LogP contribution < -0.4 is 0 Å². The van der Waals surface area contributed by atoms with Crippen molar-refractivity contribution >= 4 is 54.6 Å². The summed E-state index contributed by atoms with van der Waals surface area (Å²) in [5.41, 5.74) is 10.9. The molecule has 10 aromatic rings. The van der Waals surface area contributed by atoms with E-state index in [4.69, 9.17) is 14.4 Å². The third-order valence-corrected chi connectivity index (χ3v) is 9.39. The van der Waals surface area contributed by atoms with E-state index in [1.807, 2.05) is 48.5 Å². The van der Waals surface area contributed by atoms with Crippen LogP contribution in [0.5, 0.6) is 0 Å². The molecule has 4 heteroatoms. The molecule has 0 saturated carbocycles. The van der Waals surface area contributed by atoms with Crippen molar-refractivity contribution in [1.29, 1.82) is 0 Å². The molecule has 0 atom stereocenters. The number of furan rings is 1. The van der Waals surface area contributed by atoms with Gasteiger partial charge in [0.25, 0.3) is 0 Å². The minimum atomic E-state index is 0.684. The Morgan fingerprint density at radius 1 is 0.438 bits per heavy atom. The number of para-hydroxylation sites is 2. The van der Waals surface area contributed by atoms with E-state index < -0.39 is 0 Å². The predicted molar refractivity (Wildman–Crippen MR) is 197 cm³/mol. The predicted octanol–water partition coefficient (Wildman–Crippen LogP) is 11.6. The molecule has 0 bridgehead atoms. The Hall–Kier alpha value is -6.52.